The maximum Gasteiger partial charge on any atom is 0.255 e. The van der Waals surface area contributed by atoms with E-state index in [1.807, 2.05) is 73.7 Å². The topological polar surface area (TPSA) is 74.9 Å². The van der Waals surface area contributed by atoms with E-state index >= 15 is 0 Å². The Hall–Kier alpha value is -4.26. The average molecular weight is 496 g/mol. The number of benzene rings is 3. The lowest BCUT2D eigenvalue weighted by molar-refractivity contribution is -0.166. The van der Waals surface area contributed by atoms with Gasteiger partial charge in [0, 0.05) is 35.5 Å². The summed E-state index contributed by atoms with van der Waals surface area (Å²) in [5.41, 5.74) is 3.47. The fraction of sp³-hybridized carbons (Fsp3) is 0.267. The molecular weight excluding hydrogens is 466 g/mol. The number of fused-ring (bicyclic) bond motifs is 5. The zero-order valence-corrected chi connectivity index (χ0v) is 21.2. The van der Waals surface area contributed by atoms with E-state index in [1.54, 1.807) is 24.0 Å². The van der Waals surface area contributed by atoms with Crippen LogP contribution in [0, 0.1) is 0 Å². The van der Waals surface area contributed by atoms with Crippen molar-refractivity contribution in [1.29, 1.82) is 0 Å². The number of piperazine rings is 1. The summed E-state index contributed by atoms with van der Waals surface area (Å²) >= 11 is 0. The predicted molar refractivity (Wildman–Crippen MR) is 141 cm³/mol. The smallest absolute Gasteiger partial charge is 0.255 e. The largest absolute Gasteiger partial charge is 0.493 e. The summed E-state index contributed by atoms with van der Waals surface area (Å²) < 4.78 is 11.4. The highest BCUT2D eigenvalue weighted by Crippen LogP contribution is 2.50. The fourth-order valence-electron chi connectivity index (χ4n) is 6.07. The SMILES string of the molecule is COc1cccc([C@@H]2CN3C(=O)CN(Cc4ccccc4)C(=O)[C@]3(C)c3[nH]c4ccccc4c32)c1OC. The van der Waals surface area contributed by atoms with Crippen molar-refractivity contribution in [3.63, 3.8) is 0 Å². The molecule has 0 saturated carbocycles. The van der Waals surface area contributed by atoms with Crippen LogP contribution >= 0.6 is 0 Å². The molecule has 4 aromatic rings. The molecule has 1 aromatic heterocycles. The van der Waals surface area contributed by atoms with Crippen molar-refractivity contribution in [2.75, 3.05) is 27.3 Å². The number of carbonyl (C=O) groups excluding carboxylic acids is 2. The number of nitrogens with one attached hydrogen (secondary N) is 1. The summed E-state index contributed by atoms with van der Waals surface area (Å²) in [6.45, 7) is 2.66. The van der Waals surface area contributed by atoms with Gasteiger partial charge in [0.25, 0.3) is 5.91 Å². The third-order valence-electron chi connectivity index (χ3n) is 7.84. The quantitative estimate of drug-likeness (QED) is 0.445. The standard InChI is InChI=1S/C30H29N3O4/c1-30-28-26(21-12-7-8-14-23(21)31-28)22(20-13-9-15-24(36-2)27(20)37-3)17-33(30)25(34)18-32(29(30)35)16-19-10-5-4-6-11-19/h4-15,22,31H,16-18H2,1-3H3/t22-,30-/m0/s1. The van der Waals surface area contributed by atoms with Crippen LogP contribution in [0.4, 0.5) is 0 Å². The maximum atomic E-state index is 14.2. The van der Waals surface area contributed by atoms with E-state index in [4.69, 9.17) is 9.47 Å². The monoisotopic (exact) mass is 495 g/mol. The lowest BCUT2D eigenvalue weighted by Gasteiger charge is -2.51. The van der Waals surface area contributed by atoms with Gasteiger partial charge >= 0.3 is 0 Å². The highest BCUT2D eigenvalue weighted by molar-refractivity contribution is 6.01. The molecule has 3 heterocycles. The van der Waals surface area contributed by atoms with E-state index in [9.17, 15) is 9.59 Å². The minimum atomic E-state index is -1.15. The molecule has 2 aliphatic rings. The van der Waals surface area contributed by atoms with Crippen molar-refractivity contribution in [2.45, 2.75) is 24.9 Å². The number of aromatic nitrogens is 1. The number of nitrogens with zero attached hydrogens (tertiary/aromatic N) is 2. The number of ether oxygens (including phenoxy) is 2. The third-order valence-corrected chi connectivity index (χ3v) is 7.84. The molecule has 0 aliphatic carbocycles. The van der Waals surface area contributed by atoms with Gasteiger partial charge in [-0.05, 0) is 30.2 Å². The second kappa shape index (κ2) is 8.69. The molecule has 3 aromatic carbocycles. The molecule has 0 radical (unpaired) electrons. The lowest BCUT2D eigenvalue weighted by Crippen LogP contribution is -2.67. The van der Waals surface area contributed by atoms with Gasteiger partial charge in [0.15, 0.2) is 17.0 Å². The number of rotatable bonds is 5. The molecule has 188 valence electrons. The van der Waals surface area contributed by atoms with Gasteiger partial charge in [-0.15, -0.1) is 0 Å². The molecule has 1 N–H and O–H groups in total. The molecule has 2 aliphatic heterocycles. The van der Waals surface area contributed by atoms with Crippen LogP contribution in [-0.2, 0) is 21.7 Å². The van der Waals surface area contributed by atoms with Gasteiger partial charge in [-0.2, -0.15) is 0 Å². The average Bonchev–Trinajstić information content (AvgIpc) is 3.32. The van der Waals surface area contributed by atoms with Gasteiger partial charge < -0.3 is 24.3 Å². The Labute approximate surface area is 215 Å². The zero-order valence-electron chi connectivity index (χ0n) is 21.2. The van der Waals surface area contributed by atoms with Crippen molar-refractivity contribution >= 4 is 22.7 Å². The Balaban J connectivity index is 1.54. The van der Waals surface area contributed by atoms with Crippen LogP contribution in [0.3, 0.4) is 0 Å². The normalized spacial score (nSPS) is 21.1. The molecule has 7 heteroatoms. The predicted octanol–water partition coefficient (Wildman–Crippen LogP) is 4.42. The molecule has 6 rings (SSSR count). The van der Waals surface area contributed by atoms with Crippen LogP contribution in [0.2, 0.25) is 0 Å². The van der Waals surface area contributed by atoms with Gasteiger partial charge in [-0.1, -0.05) is 60.7 Å². The van der Waals surface area contributed by atoms with Crippen molar-refractivity contribution < 1.29 is 19.1 Å². The van der Waals surface area contributed by atoms with Gasteiger partial charge in [-0.25, -0.2) is 0 Å². The van der Waals surface area contributed by atoms with E-state index in [0.717, 1.165) is 33.3 Å². The Kier molecular flexibility index (Phi) is 5.44. The fourth-order valence-corrected chi connectivity index (χ4v) is 6.07. The van der Waals surface area contributed by atoms with E-state index in [0.29, 0.717) is 24.6 Å². The van der Waals surface area contributed by atoms with Gasteiger partial charge in [0.1, 0.15) is 6.54 Å². The second-order valence-electron chi connectivity index (χ2n) is 9.82. The molecule has 1 fully saturated rings. The number of aromatic amines is 1. The minimum absolute atomic E-state index is 0.0425. The summed E-state index contributed by atoms with van der Waals surface area (Å²) in [6.07, 6.45) is 0. The first-order chi connectivity index (χ1) is 18.0. The molecule has 0 unspecified atom stereocenters. The van der Waals surface area contributed by atoms with Gasteiger partial charge in [0.2, 0.25) is 5.91 Å². The Morgan fingerprint density at radius 1 is 0.946 bits per heavy atom. The van der Waals surface area contributed by atoms with Gasteiger partial charge in [0.05, 0.1) is 19.9 Å². The Morgan fingerprint density at radius 2 is 1.70 bits per heavy atom. The van der Waals surface area contributed by atoms with Crippen LogP contribution in [0.5, 0.6) is 11.5 Å². The van der Waals surface area contributed by atoms with E-state index in [-0.39, 0.29) is 24.3 Å². The molecule has 2 amide bonds. The minimum Gasteiger partial charge on any atom is -0.493 e. The summed E-state index contributed by atoms with van der Waals surface area (Å²) in [7, 11) is 3.24. The van der Waals surface area contributed by atoms with Crippen LogP contribution < -0.4 is 9.47 Å². The zero-order chi connectivity index (χ0) is 25.7. The second-order valence-corrected chi connectivity index (χ2v) is 9.82. The highest BCUT2D eigenvalue weighted by Gasteiger charge is 2.56. The van der Waals surface area contributed by atoms with Crippen molar-refractivity contribution in [1.82, 2.24) is 14.8 Å². The Morgan fingerprint density at radius 3 is 2.46 bits per heavy atom. The number of amides is 2. The molecule has 0 spiro atoms. The van der Waals surface area contributed by atoms with Crippen LogP contribution in [0.15, 0.2) is 72.8 Å². The van der Waals surface area contributed by atoms with E-state index < -0.39 is 5.54 Å². The summed E-state index contributed by atoms with van der Waals surface area (Å²) in [4.78, 5) is 34.9. The number of methoxy groups -OCH3 is 2. The summed E-state index contributed by atoms with van der Waals surface area (Å²) in [5, 5.41) is 1.04. The first-order valence-corrected chi connectivity index (χ1v) is 12.4. The van der Waals surface area contributed by atoms with Crippen LogP contribution in [0.25, 0.3) is 10.9 Å². The molecule has 1 saturated heterocycles. The van der Waals surface area contributed by atoms with Crippen LogP contribution in [-0.4, -0.2) is 53.9 Å². The molecule has 2 atom stereocenters. The maximum absolute atomic E-state index is 14.2. The van der Waals surface area contributed by atoms with Gasteiger partial charge in [-0.3, -0.25) is 9.59 Å². The molecule has 0 bridgehead atoms. The first kappa shape index (κ1) is 23.2. The number of carbonyl (C=O) groups is 2. The lowest BCUT2D eigenvalue weighted by atomic mass is 9.76. The molecule has 37 heavy (non-hydrogen) atoms. The van der Waals surface area contributed by atoms with Crippen LogP contribution in [0.1, 0.15) is 35.2 Å². The number of hydrogen-bond acceptors (Lipinski definition) is 4. The van der Waals surface area contributed by atoms with Crippen molar-refractivity contribution in [3.05, 3.63) is 95.2 Å². The highest BCUT2D eigenvalue weighted by atomic mass is 16.5. The van der Waals surface area contributed by atoms with E-state index in [1.165, 1.54) is 0 Å². The number of para-hydroxylation sites is 2. The number of H-pyrrole nitrogens is 1. The number of hydrogen-bond donors (Lipinski definition) is 1. The Bertz CT molecular complexity index is 1510. The third kappa shape index (κ3) is 3.41. The first-order valence-electron chi connectivity index (χ1n) is 12.4. The summed E-state index contributed by atoms with van der Waals surface area (Å²) in [5.74, 6) is 0.900. The van der Waals surface area contributed by atoms with Crippen molar-refractivity contribution in [3.8, 4) is 11.5 Å². The summed E-state index contributed by atoms with van der Waals surface area (Å²) in [6, 6.07) is 23.7. The molecular formula is C30H29N3O4. The molecule has 7 nitrogen and oxygen atoms in total. The van der Waals surface area contributed by atoms with E-state index in [2.05, 4.69) is 11.1 Å². The van der Waals surface area contributed by atoms with Crippen molar-refractivity contribution in [2.24, 2.45) is 0 Å².